The number of amides is 1. The molecule has 1 fully saturated rings. The number of aliphatic hydroxyl groups is 1. The highest BCUT2D eigenvalue weighted by Crippen LogP contribution is 2.37. The van der Waals surface area contributed by atoms with Crippen molar-refractivity contribution in [1.29, 1.82) is 0 Å². The van der Waals surface area contributed by atoms with Crippen molar-refractivity contribution >= 4 is 15.9 Å². The lowest BCUT2D eigenvalue weighted by molar-refractivity contribution is -0.122. The summed E-state index contributed by atoms with van der Waals surface area (Å²) in [5.74, 6) is -0.0927. The summed E-state index contributed by atoms with van der Waals surface area (Å²) in [7, 11) is -3.29. The average molecular weight is 327 g/mol. The van der Waals surface area contributed by atoms with Gasteiger partial charge in [-0.25, -0.2) is 13.1 Å². The number of rotatable bonds is 7. The molecule has 0 aromatic carbocycles. The van der Waals surface area contributed by atoms with Gasteiger partial charge >= 0.3 is 0 Å². The van der Waals surface area contributed by atoms with E-state index in [1.165, 1.54) is 0 Å². The van der Waals surface area contributed by atoms with Crippen LogP contribution in [0.3, 0.4) is 0 Å². The van der Waals surface area contributed by atoms with Crippen LogP contribution in [0, 0.1) is 5.92 Å². The Kier molecular flexibility index (Phi) is 5.49. The van der Waals surface area contributed by atoms with Crippen LogP contribution in [0.5, 0.6) is 0 Å². The van der Waals surface area contributed by atoms with Crippen LogP contribution < -0.4 is 10.0 Å². The Hall–Kier alpha value is -1.51. The molecule has 0 unspecified atom stereocenters. The topological polar surface area (TPSA) is 108 Å². The lowest BCUT2D eigenvalue weighted by Crippen LogP contribution is -2.42. The number of carbonyl (C=O) groups is 1. The minimum absolute atomic E-state index is 0.0612. The molecule has 0 spiro atoms. The molecule has 1 atom stereocenters. The number of hydrogen-bond donors (Lipinski definition) is 3. The Morgan fingerprint density at radius 1 is 1.45 bits per heavy atom. The van der Waals surface area contributed by atoms with Gasteiger partial charge in [0.1, 0.15) is 0 Å². The molecule has 1 heterocycles. The number of pyridine rings is 1. The van der Waals surface area contributed by atoms with Gasteiger partial charge in [0.25, 0.3) is 0 Å². The maximum Gasteiger partial charge on any atom is 0.221 e. The van der Waals surface area contributed by atoms with Gasteiger partial charge in [-0.15, -0.1) is 0 Å². The zero-order valence-electron chi connectivity index (χ0n) is 12.4. The molecule has 22 heavy (non-hydrogen) atoms. The molecule has 1 aliphatic rings. The summed E-state index contributed by atoms with van der Waals surface area (Å²) in [4.78, 5) is 16.3. The average Bonchev–Trinajstić information content (AvgIpc) is 2.41. The fraction of sp³-hybridized carbons (Fsp3) is 0.571. The van der Waals surface area contributed by atoms with E-state index in [2.05, 4.69) is 15.0 Å². The van der Waals surface area contributed by atoms with Crippen LogP contribution in [0.25, 0.3) is 0 Å². The predicted octanol–water partition coefficient (Wildman–Crippen LogP) is -0.0509. The van der Waals surface area contributed by atoms with E-state index in [0.717, 1.165) is 11.9 Å². The van der Waals surface area contributed by atoms with Crippen LogP contribution in [0.2, 0.25) is 0 Å². The standard InChI is InChI=1S/C14H21N3O4S/c1-22(20,21)16-7-5-13(19)17-14(10-8-11(18)9-10)12-4-2-3-6-15-12/h2-4,6,10-11,14,16,18H,5,7-9H2,1H3,(H,17,19)/t10?,11?,14-/m0/s1. The Morgan fingerprint density at radius 2 is 2.18 bits per heavy atom. The first kappa shape index (κ1) is 16.9. The fourth-order valence-corrected chi connectivity index (χ4v) is 2.96. The third-order valence-corrected chi connectivity index (χ3v) is 4.39. The molecule has 8 heteroatoms. The zero-order chi connectivity index (χ0) is 16.2. The maximum absolute atomic E-state index is 12.0. The van der Waals surface area contributed by atoms with E-state index in [4.69, 9.17) is 0 Å². The number of nitrogens with one attached hydrogen (secondary N) is 2. The van der Waals surface area contributed by atoms with Crippen molar-refractivity contribution in [2.24, 2.45) is 5.92 Å². The van der Waals surface area contributed by atoms with Crippen LogP contribution in [0.4, 0.5) is 0 Å². The summed E-state index contributed by atoms with van der Waals surface area (Å²) >= 11 is 0. The molecule has 0 radical (unpaired) electrons. The van der Waals surface area contributed by atoms with Gasteiger partial charge in [0, 0.05) is 19.2 Å². The van der Waals surface area contributed by atoms with Crippen molar-refractivity contribution < 1.29 is 18.3 Å². The van der Waals surface area contributed by atoms with E-state index in [9.17, 15) is 18.3 Å². The van der Waals surface area contributed by atoms with Crippen molar-refractivity contribution in [2.45, 2.75) is 31.4 Å². The first-order valence-corrected chi connectivity index (χ1v) is 9.07. The number of sulfonamides is 1. The summed E-state index contributed by atoms with van der Waals surface area (Å²) in [6.45, 7) is 0.0624. The summed E-state index contributed by atoms with van der Waals surface area (Å²) in [6, 6.07) is 5.23. The Morgan fingerprint density at radius 3 is 2.73 bits per heavy atom. The van der Waals surface area contributed by atoms with Gasteiger partial charge in [0.15, 0.2) is 0 Å². The molecule has 0 aliphatic heterocycles. The van der Waals surface area contributed by atoms with Crippen LogP contribution in [-0.4, -0.2) is 43.3 Å². The van der Waals surface area contributed by atoms with Crippen molar-refractivity contribution in [3.8, 4) is 0 Å². The second-order valence-electron chi connectivity index (χ2n) is 5.60. The predicted molar refractivity (Wildman–Crippen MR) is 81.3 cm³/mol. The van der Waals surface area contributed by atoms with E-state index >= 15 is 0 Å². The highest BCUT2D eigenvalue weighted by Gasteiger charge is 2.36. The van der Waals surface area contributed by atoms with Gasteiger partial charge in [-0.1, -0.05) is 6.07 Å². The van der Waals surface area contributed by atoms with Crippen LogP contribution in [0.15, 0.2) is 24.4 Å². The lowest BCUT2D eigenvalue weighted by Gasteiger charge is -2.37. The Labute approximate surface area is 130 Å². The van der Waals surface area contributed by atoms with Gasteiger partial charge < -0.3 is 10.4 Å². The molecule has 0 bridgehead atoms. The molecule has 1 aromatic heterocycles. The quantitative estimate of drug-likeness (QED) is 0.651. The van der Waals surface area contributed by atoms with Crippen molar-refractivity contribution in [2.75, 3.05) is 12.8 Å². The first-order valence-electron chi connectivity index (χ1n) is 7.18. The zero-order valence-corrected chi connectivity index (χ0v) is 13.2. The van der Waals surface area contributed by atoms with Crippen LogP contribution >= 0.6 is 0 Å². The molecule has 1 aliphatic carbocycles. The molecule has 1 saturated carbocycles. The summed E-state index contributed by atoms with van der Waals surface area (Å²) in [5, 5.41) is 12.4. The second-order valence-corrected chi connectivity index (χ2v) is 7.43. The number of aromatic nitrogens is 1. The highest BCUT2D eigenvalue weighted by atomic mass is 32.2. The number of aliphatic hydroxyl groups excluding tert-OH is 1. The third kappa shape index (κ3) is 5.04. The summed E-state index contributed by atoms with van der Waals surface area (Å²) in [5.41, 5.74) is 0.754. The minimum Gasteiger partial charge on any atom is -0.393 e. The van der Waals surface area contributed by atoms with Gasteiger partial charge in [-0.05, 0) is 30.9 Å². The molecule has 2 rings (SSSR count). The monoisotopic (exact) mass is 327 g/mol. The summed E-state index contributed by atoms with van der Waals surface area (Å²) < 4.78 is 24.2. The van der Waals surface area contributed by atoms with E-state index < -0.39 is 10.0 Å². The Bertz CT molecular complexity index is 600. The van der Waals surface area contributed by atoms with Gasteiger partial charge in [-0.3, -0.25) is 9.78 Å². The second kappa shape index (κ2) is 7.17. The van der Waals surface area contributed by atoms with Crippen molar-refractivity contribution in [1.82, 2.24) is 15.0 Å². The molecule has 3 N–H and O–H groups in total. The Balaban J connectivity index is 1.93. The minimum atomic E-state index is -3.29. The molecule has 1 aromatic rings. The lowest BCUT2D eigenvalue weighted by atomic mass is 9.76. The highest BCUT2D eigenvalue weighted by molar-refractivity contribution is 7.88. The van der Waals surface area contributed by atoms with E-state index in [1.807, 2.05) is 12.1 Å². The molecule has 122 valence electrons. The van der Waals surface area contributed by atoms with Crippen LogP contribution in [-0.2, 0) is 14.8 Å². The third-order valence-electron chi connectivity index (χ3n) is 3.66. The van der Waals surface area contributed by atoms with E-state index in [0.29, 0.717) is 12.8 Å². The molecule has 0 saturated heterocycles. The first-order chi connectivity index (χ1) is 10.3. The van der Waals surface area contributed by atoms with Crippen LogP contribution in [0.1, 0.15) is 31.0 Å². The number of carbonyl (C=O) groups excluding carboxylic acids is 1. The largest absolute Gasteiger partial charge is 0.393 e. The normalized spacial score (nSPS) is 22.6. The fourth-order valence-electron chi connectivity index (χ4n) is 2.49. The van der Waals surface area contributed by atoms with E-state index in [1.54, 1.807) is 12.3 Å². The number of nitrogens with zero attached hydrogens (tertiary/aromatic N) is 1. The number of hydrogen-bond acceptors (Lipinski definition) is 5. The van der Waals surface area contributed by atoms with Crippen molar-refractivity contribution in [3.63, 3.8) is 0 Å². The van der Waals surface area contributed by atoms with Gasteiger partial charge in [0.2, 0.25) is 15.9 Å². The smallest absolute Gasteiger partial charge is 0.221 e. The van der Waals surface area contributed by atoms with Crippen molar-refractivity contribution in [3.05, 3.63) is 30.1 Å². The molecule has 1 amide bonds. The van der Waals surface area contributed by atoms with E-state index in [-0.39, 0.29) is 36.9 Å². The summed E-state index contributed by atoms with van der Waals surface area (Å²) in [6.07, 6.45) is 3.71. The van der Waals surface area contributed by atoms with Gasteiger partial charge in [-0.2, -0.15) is 0 Å². The molecule has 7 nitrogen and oxygen atoms in total. The molecular weight excluding hydrogens is 306 g/mol. The van der Waals surface area contributed by atoms with Gasteiger partial charge in [0.05, 0.1) is 24.1 Å². The maximum atomic E-state index is 12.0. The SMILES string of the molecule is CS(=O)(=O)NCCC(=O)N[C@H](c1ccccn1)C1CC(O)C1. The molecular formula is C14H21N3O4S.